The summed E-state index contributed by atoms with van der Waals surface area (Å²) in [5.41, 5.74) is -2.92. The first-order valence-electron chi connectivity index (χ1n) is 8.21. The molecule has 1 atom stereocenters. The van der Waals surface area contributed by atoms with Crippen molar-refractivity contribution in [2.75, 3.05) is 10.7 Å². The largest absolute Gasteiger partial charge is 0.417 e. The van der Waals surface area contributed by atoms with E-state index in [0.717, 1.165) is 21.9 Å². The van der Waals surface area contributed by atoms with Crippen molar-refractivity contribution in [1.82, 2.24) is 5.32 Å². The molecule has 0 spiro atoms. The Hall–Kier alpha value is -2.64. The molecular formula is C19H13F4N3OS2. The van der Waals surface area contributed by atoms with Gasteiger partial charge in [0.05, 0.1) is 22.9 Å². The van der Waals surface area contributed by atoms with Crippen molar-refractivity contribution < 1.29 is 22.4 Å². The first-order chi connectivity index (χ1) is 13.5. The second kappa shape index (κ2) is 7.65. The third-order valence-electron chi connectivity index (χ3n) is 4.29. The van der Waals surface area contributed by atoms with E-state index >= 15 is 0 Å². The fourth-order valence-corrected chi connectivity index (χ4v) is 4.17. The second-order valence-electron chi connectivity index (χ2n) is 6.48. The van der Waals surface area contributed by atoms with E-state index in [0.29, 0.717) is 0 Å². The molecule has 2 aromatic rings. The highest BCUT2D eigenvalue weighted by molar-refractivity contribution is 7.99. The van der Waals surface area contributed by atoms with Crippen molar-refractivity contribution in [1.29, 1.82) is 5.26 Å². The van der Waals surface area contributed by atoms with Crippen molar-refractivity contribution in [3.8, 4) is 6.07 Å². The van der Waals surface area contributed by atoms with Crippen LogP contribution in [0.25, 0.3) is 0 Å². The first-order valence-corrected chi connectivity index (χ1v) is 9.61. The summed E-state index contributed by atoms with van der Waals surface area (Å²) in [6, 6.07) is 10.2. The minimum absolute atomic E-state index is 0.0324. The molecule has 1 amide bonds. The maximum atomic E-state index is 13.3. The number of alkyl halides is 3. The maximum absolute atomic E-state index is 13.3. The number of carbonyl (C=O) groups is 1. The highest BCUT2D eigenvalue weighted by Gasteiger charge is 2.47. The summed E-state index contributed by atoms with van der Waals surface area (Å²) in [6.45, 7) is 1.59. The number of benzene rings is 2. The molecule has 0 aromatic heterocycles. The van der Waals surface area contributed by atoms with Crippen molar-refractivity contribution in [2.24, 2.45) is 0 Å². The fraction of sp³-hybridized carbons (Fsp3) is 0.211. The Morgan fingerprint density at radius 3 is 2.48 bits per heavy atom. The normalized spacial score (nSPS) is 19.2. The lowest BCUT2D eigenvalue weighted by Gasteiger charge is -2.22. The van der Waals surface area contributed by atoms with Crippen LogP contribution in [0.4, 0.5) is 23.2 Å². The van der Waals surface area contributed by atoms with E-state index in [1.165, 1.54) is 36.0 Å². The number of halogens is 4. The van der Waals surface area contributed by atoms with E-state index < -0.39 is 28.7 Å². The van der Waals surface area contributed by atoms with Crippen molar-refractivity contribution in [3.05, 3.63) is 59.4 Å². The van der Waals surface area contributed by atoms with Crippen LogP contribution in [0.15, 0.2) is 47.4 Å². The summed E-state index contributed by atoms with van der Waals surface area (Å²) in [6.07, 6.45) is -4.75. The third kappa shape index (κ3) is 4.21. The molecule has 1 heterocycles. The van der Waals surface area contributed by atoms with E-state index in [1.54, 1.807) is 19.1 Å². The van der Waals surface area contributed by atoms with Gasteiger partial charge in [0.15, 0.2) is 5.11 Å². The molecule has 29 heavy (non-hydrogen) atoms. The number of hydrogen-bond acceptors (Lipinski definition) is 4. The molecule has 1 fully saturated rings. The lowest BCUT2D eigenvalue weighted by Crippen LogP contribution is -2.46. The van der Waals surface area contributed by atoms with E-state index in [1.807, 2.05) is 0 Å². The Labute approximate surface area is 173 Å². The quantitative estimate of drug-likeness (QED) is 0.432. The zero-order valence-electron chi connectivity index (χ0n) is 14.9. The van der Waals surface area contributed by atoms with Crippen LogP contribution in [0.1, 0.15) is 18.1 Å². The van der Waals surface area contributed by atoms with Crippen LogP contribution >= 0.6 is 24.0 Å². The van der Waals surface area contributed by atoms with Crippen molar-refractivity contribution >= 4 is 40.7 Å². The van der Waals surface area contributed by atoms with Gasteiger partial charge in [-0.2, -0.15) is 18.4 Å². The molecule has 0 radical (unpaired) electrons. The number of thioether (sulfide) groups is 1. The summed E-state index contributed by atoms with van der Waals surface area (Å²) >= 11 is 6.47. The van der Waals surface area contributed by atoms with E-state index in [2.05, 4.69) is 5.32 Å². The number of hydrogen-bond donors (Lipinski definition) is 1. The van der Waals surface area contributed by atoms with Gasteiger partial charge in [0, 0.05) is 10.6 Å². The minimum Gasteiger partial charge on any atom is -0.347 e. The summed E-state index contributed by atoms with van der Waals surface area (Å²) in [7, 11) is 0. The van der Waals surface area contributed by atoms with Gasteiger partial charge in [-0.15, -0.1) is 11.8 Å². The van der Waals surface area contributed by atoms with E-state index in [-0.39, 0.29) is 22.4 Å². The van der Waals surface area contributed by atoms with Crippen LogP contribution in [0.2, 0.25) is 0 Å². The van der Waals surface area contributed by atoms with E-state index in [4.69, 9.17) is 17.5 Å². The Balaban J connectivity index is 1.87. The third-order valence-corrected chi connectivity index (χ3v) is 5.90. The number of amides is 1. The molecule has 2 aromatic carbocycles. The lowest BCUT2D eigenvalue weighted by atomic mass is 10.0. The van der Waals surface area contributed by atoms with Crippen LogP contribution in [-0.2, 0) is 11.0 Å². The highest BCUT2D eigenvalue weighted by atomic mass is 32.2. The Bertz CT molecular complexity index is 1020. The summed E-state index contributed by atoms with van der Waals surface area (Å²) in [5.74, 6) is -0.685. The monoisotopic (exact) mass is 439 g/mol. The lowest BCUT2D eigenvalue weighted by molar-refractivity contribution is -0.137. The molecule has 0 saturated carbocycles. The average molecular weight is 439 g/mol. The number of carbonyl (C=O) groups excluding carboxylic acids is 1. The molecule has 1 N–H and O–H groups in total. The van der Waals surface area contributed by atoms with Gasteiger partial charge >= 0.3 is 6.18 Å². The number of nitrogens with one attached hydrogen (secondary N) is 1. The second-order valence-corrected chi connectivity index (χ2v) is 7.92. The number of nitriles is 1. The van der Waals surface area contributed by atoms with Gasteiger partial charge in [-0.3, -0.25) is 9.69 Å². The molecule has 1 unspecified atom stereocenters. The minimum atomic E-state index is -4.75. The number of anilines is 1. The molecule has 1 aliphatic heterocycles. The van der Waals surface area contributed by atoms with Gasteiger partial charge in [0.1, 0.15) is 11.4 Å². The summed E-state index contributed by atoms with van der Waals surface area (Å²) in [5, 5.41) is 11.8. The maximum Gasteiger partial charge on any atom is 0.417 e. The SMILES string of the molecule is CC1(CSc2ccc(F)cc2)NC(=S)N(c2ccc(C#N)c(C(F)(F)F)c2)C1=O. The Morgan fingerprint density at radius 2 is 1.90 bits per heavy atom. The molecule has 1 saturated heterocycles. The number of thiocarbonyl (C=S) groups is 1. The molecule has 4 nitrogen and oxygen atoms in total. The molecule has 0 aliphatic carbocycles. The molecular weight excluding hydrogens is 426 g/mol. The van der Waals surface area contributed by atoms with Gasteiger partial charge in [0.2, 0.25) is 0 Å². The van der Waals surface area contributed by atoms with Crippen LogP contribution in [0.3, 0.4) is 0 Å². The van der Waals surface area contributed by atoms with Crippen molar-refractivity contribution in [3.63, 3.8) is 0 Å². The van der Waals surface area contributed by atoms with Crippen LogP contribution in [0.5, 0.6) is 0 Å². The number of nitrogens with zero attached hydrogens (tertiary/aromatic N) is 2. The predicted molar refractivity (Wildman–Crippen MR) is 105 cm³/mol. The standard InChI is InChI=1S/C19H13F4N3OS2/c1-18(10-29-14-6-3-12(20)4-7-14)16(27)26(17(28)25-18)13-5-2-11(9-24)15(8-13)19(21,22)23/h2-8H,10H2,1H3,(H,25,28). The van der Waals surface area contributed by atoms with Crippen LogP contribution < -0.4 is 10.2 Å². The zero-order valence-corrected chi connectivity index (χ0v) is 16.5. The van der Waals surface area contributed by atoms with Gasteiger partial charge in [-0.05, 0) is 61.6 Å². The van der Waals surface area contributed by atoms with Gasteiger partial charge < -0.3 is 5.32 Å². The van der Waals surface area contributed by atoms with Gasteiger partial charge in [0.25, 0.3) is 5.91 Å². The Morgan fingerprint density at radius 1 is 1.24 bits per heavy atom. The predicted octanol–water partition coefficient (Wildman–Crippen LogP) is 4.49. The summed E-state index contributed by atoms with van der Waals surface area (Å²) < 4.78 is 52.8. The zero-order chi connectivity index (χ0) is 21.4. The van der Waals surface area contributed by atoms with Gasteiger partial charge in [-0.1, -0.05) is 0 Å². The molecule has 0 bridgehead atoms. The van der Waals surface area contributed by atoms with Crippen LogP contribution in [0, 0.1) is 17.1 Å². The van der Waals surface area contributed by atoms with E-state index in [9.17, 15) is 22.4 Å². The number of rotatable bonds is 4. The molecule has 10 heteroatoms. The first kappa shape index (κ1) is 21.1. The average Bonchev–Trinajstić information content (AvgIpc) is 2.89. The van der Waals surface area contributed by atoms with Crippen LogP contribution in [-0.4, -0.2) is 22.3 Å². The molecule has 150 valence electrons. The topological polar surface area (TPSA) is 56.1 Å². The smallest absolute Gasteiger partial charge is 0.347 e. The summed E-state index contributed by atoms with van der Waals surface area (Å²) in [4.78, 5) is 14.7. The fourth-order valence-electron chi connectivity index (χ4n) is 2.78. The highest BCUT2D eigenvalue weighted by Crippen LogP contribution is 2.36. The molecule has 1 aliphatic rings. The Kier molecular flexibility index (Phi) is 5.56. The van der Waals surface area contributed by atoms with Gasteiger partial charge in [-0.25, -0.2) is 4.39 Å². The van der Waals surface area contributed by atoms with Crippen molar-refractivity contribution in [2.45, 2.75) is 23.5 Å². The molecule has 3 rings (SSSR count).